The molecule has 1 aromatic rings. The Morgan fingerprint density at radius 1 is 1.21 bits per heavy atom. The molecule has 2 N–H and O–H groups in total. The smallest absolute Gasteiger partial charge is 0.108 e. The van der Waals surface area contributed by atoms with Crippen LogP contribution in [-0.2, 0) is 5.60 Å². The van der Waals surface area contributed by atoms with Crippen molar-refractivity contribution in [1.82, 2.24) is 0 Å². The summed E-state index contributed by atoms with van der Waals surface area (Å²) in [5.74, 6) is 2.18. The lowest BCUT2D eigenvalue weighted by Crippen LogP contribution is -2.44. The van der Waals surface area contributed by atoms with Crippen molar-refractivity contribution in [3.05, 3.63) is 35.9 Å². The molecule has 0 aliphatic heterocycles. The van der Waals surface area contributed by atoms with E-state index in [-0.39, 0.29) is 12.5 Å². The maximum atomic E-state index is 11.3. The van der Waals surface area contributed by atoms with E-state index in [4.69, 9.17) is 6.42 Å². The average Bonchev–Trinajstić information content (AvgIpc) is 2.50. The molecule has 0 radical (unpaired) electrons. The molecule has 0 amide bonds. The molecule has 1 saturated carbocycles. The zero-order chi connectivity index (χ0) is 13.7. The number of benzene rings is 1. The molecule has 2 atom stereocenters. The summed E-state index contributed by atoms with van der Waals surface area (Å²) >= 11 is 0. The number of rotatable bonds is 4. The fourth-order valence-electron chi connectivity index (χ4n) is 3.29. The molecule has 0 unspecified atom stereocenters. The second-order valence-electron chi connectivity index (χ2n) is 5.43. The quantitative estimate of drug-likeness (QED) is 0.815. The minimum absolute atomic E-state index is 0.136. The van der Waals surface area contributed by atoms with E-state index in [0.717, 1.165) is 31.2 Å². The van der Waals surface area contributed by atoms with E-state index in [9.17, 15) is 10.2 Å². The van der Waals surface area contributed by atoms with Gasteiger partial charge in [-0.1, -0.05) is 55.5 Å². The minimum atomic E-state index is -1.11. The monoisotopic (exact) mass is 258 g/mol. The summed E-state index contributed by atoms with van der Waals surface area (Å²) in [7, 11) is 0. The summed E-state index contributed by atoms with van der Waals surface area (Å²) in [6.45, 7) is -0.182. The number of hydrogen-bond donors (Lipinski definition) is 2. The van der Waals surface area contributed by atoms with E-state index < -0.39 is 11.5 Å². The fourth-order valence-corrected chi connectivity index (χ4v) is 3.29. The molecule has 2 nitrogen and oxygen atoms in total. The maximum absolute atomic E-state index is 11.3. The molecular formula is C17H22O2. The number of terminal acetylenes is 1. The van der Waals surface area contributed by atoms with Gasteiger partial charge in [0, 0.05) is 0 Å². The SMILES string of the molecule is C#C[C@H](CO)[C@@](O)(c1ccccc1)C1CCCCC1. The number of aliphatic hydroxyl groups excluding tert-OH is 1. The topological polar surface area (TPSA) is 40.5 Å². The predicted molar refractivity (Wildman–Crippen MR) is 76.3 cm³/mol. The summed E-state index contributed by atoms with van der Waals surface area (Å²) in [4.78, 5) is 0. The Morgan fingerprint density at radius 2 is 1.84 bits per heavy atom. The standard InChI is InChI=1S/C17H22O2/c1-2-14(13-18)17(19,15-9-5-3-6-10-15)16-11-7-4-8-12-16/h1,3,5-6,9-10,14,16,18-19H,4,7-8,11-13H2/t14-,17-/m1/s1. The lowest BCUT2D eigenvalue weighted by atomic mass is 9.67. The second-order valence-corrected chi connectivity index (χ2v) is 5.43. The van der Waals surface area contributed by atoms with Crippen LogP contribution >= 0.6 is 0 Å². The van der Waals surface area contributed by atoms with Crippen molar-refractivity contribution in [1.29, 1.82) is 0 Å². The van der Waals surface area contributed by atoms with Crippen LogP contribution in [0.4, 0.5) is 0 Å². The van der Waals surface area contributed by atoms with Crippen molar-refractivity contribution in [2.75, 3.05) is 6.61 Å². The Morgan fingerprint density at radius 3 is 2.37 bits per heavy atom. The predicted octanol–water partition coefficient (Wildman–Crippen LogP) is 2.70. The van der Waals surface area contributed by atoms with Crippen molar-refractivity contribution in [2.24, 2.45) is 11.8 Å². The van der Waals surface area contributed by atoms with Crippen molar-refractivity contribution in [2.45, 2.75) is 37.7 Å². The molecule has 19 heavy (non-hydrogen) atoms. The molecule has 0 heterocycles. The summed E-state index contributed by atoms with van der Waals surface area (Å²) in [6, 6.07) is 9.57. The molecule has 2 heteroatoms. The third-order valence-electron chi connectivity index (χ3n) is 4.38. The fraction of sp³-hybridized carbons (Fsp3) is 0.529. The normalized spacial score (nSPS) is 21.3. The van der Waals surface area contributed by atoms with E-state index in [1.807, 2.05) is 30.3 Å². The highest BCUT2D eigenvalue weighted by Gasteiger charge is 2.44. The second kappa shape index (κ2) is 6.23. The van der Waals surface area contributed by atoms with Gasteiger partial charge in [0.25, 0.3) is 0 Å². The zero-order valence-electron chi connectivity index (χ0n) is 11.3. The summed E-state index contributed by atoms with van der Waals surface area (Å²) in [6.07, 6.45) is 11.0. The van der Waals surface area contributed by atoms with Crippen LogP contribution in [0.1, 0.15) is 37.7 Å². The van der Waals surface area contributed by atoms with Crippen LogP contribution in [0.3, 0.4) is 0 Å². The number of hydrogen-bond acceptors (Lipinski definition) is 2. The first-order valence-electron chi connectivity index (χ1n) is 7.08. The van der Waals surface area contributed by atoms with Gasteiger partial charge >= 0.3 is 0 Å². The van der Waals surface area contributed by atoms with Crippen LogP contribution in [0.2, 0.25) is 0 Å². The van der Waals surface area contributed by atoms with Crippen molar-refractivity contribution >= 4 is 0 Å². The largest absolute Gasteiger partial charge is 0.395 e. The summed E-state index contributed by atoms with van der Waals surface area (Å²) in [5, 5.41) is 20.8. The Kier molecular flexibility index (Phi) is 4.63. The first-order valence-corrected chi connectivity index (χ1v) is 7.08. The molecule has 2 rings (SSSR count). The van der Waals surface area contributed by atoms with Gasteiger partial charge in [-0.15, -0.1) is 6.42 Å². The van der Waals surface area contributed by atoms with Gasteiger partial charge in [-0.05, 0) is 24.3 Å². The van der Waals surface area contributed by atoms with Crippen LogP contribution in [0, 0.1) is 24.2 Å². The van der Waals surface area contributed by atoms with Crippen LogP contribution in [-0.4, -0.2) is 16.8 Å². The van der Waals surface area contributed by atoms with Gasteiger partial charge in [-0.2, -0.15) is 0 Å². The minimum Gasteiger partial charge on any atom is -0.395 e. The first-order chi connectivity index (χ1) is 9.23. The van der Waals surface area contributed by atoms with Gasteiger partial charge in [-0.3, -0.25) is 0 Å². The van der Waals surface area contributed by atoms with Gasteiger partial charge in [0.2, 0.25) is 0 Å². The van der Waals surface area contributed by atoms with E-state index in [1.54, 1.807) is 0 Å². The molecular weight excluding hydrogens is 236 g/mol. The van der Waals surface area contributed by atoms with Gasteiger partial charge < -0.3 is 10.2 Å². The highest BCUT2D eigenvalue weighted by molar-refractivity contribution is 5.27. The molecule has 0 saturated heterocycles. The van der Waals surface area contributed by atoms with E-state index >= 15 is 0 Å². The first kappa shape index (κ1) is 14.1. The Hall–Kier alpha value is -1.30. The molecule has 1 aliphatic carbocycles. The summed E-state index contributed by atoms with van der Waals surface area (Å²) in [5.41, 5.74) is -0.274. The van der Waals surface area contributed by atoms with Gasteiger partial charge in [0.15, 0.2) is 0 Å². The van der Waals surface area contributed by atoms with Gasteiger partial charge in [0.1, 0.15) is 5.60 Å². The van der Waals surface area contributed by atoms with Gasteiger partial charge in [-0.25, -0.2) is 0 Å². The molecule has 0 spiro atoms. The molecule has 0 aromatic heterocycles. The Balaban J connectivity index is 2.40. The molecule has 1 fully saturated rings. The third kappa shape index (κ3) is 2.68. The molecule has 102 valence electrons. The lowest BCUT2D eigenvalue weighted by molar-refractivity contribution is -0.0832. The van der Waals surface area contributed by atoms with Crippen LogP contribution < -0.4 is 0 Å². The third-order valence-corrected chi connectivity index (χ3v) is 4.38. The summed E-state index contributed by atoms with van der Waals surface area (Å²) < 4.78 is 0. The van der Waals surface area contributed by atoms with Crippen LogP contribution in [0.25, 0.3) is 0 Å². The van der Waals surface area contributed by atoms with E-state index in [0.29, 0.717) is 0 Å². The molecule has 1 aliphatic rings. The highest BCUT2D eigenvalue weighted by atomic mass is 16.3. The zero-order valence-corrected chi connectivity index (χ0v) is 11.3. The molecule has 0 bridgehead atoms. The lowest BCUT2D eigenvalue weighted by Gasteiger charge is -2.42. The van der Waals surface area contributed by atoms with E-state index in [2.05, 4.69) is 5.92 Å². The maximum Gasteiger partial charge on any atom is 0.108 e. The van der Waals surface area contributed by atoms with Crippen LogP contribution in [0.15, 0.2) is 30.3 Å². The van der Waals surface area contributed by atoms with Crippen LogP contribution in [0.5, 0.6) is 0 Å². The van der Waals surface area contributed by atoms with E-state index in [1.165, 1.54) is 6.42 Å². The molecule has 1 aromatic carbocycles. The highest BCUT2D eigenvalue weighted by Crippen LogP contribution is 2.43. The van der Waals surface area contributed by atoms with Gasteiger partial charge in [0.05, 0.1) is 12.5 Å². The van der Waals surface area contributed by atoms with Crippen molar-refractivity contribution in [3.63, 3.8) is 0 Å². The Labute approximate surface area is 115 Å². The Bertz CT molecular complexity index is 428. The number of aliphatic hydroxyl groups is 2. The van der Waals surface area contributed by atoms with Crippen molar-refractivity contribution in [3.8, 4) is 12.3 Å². The average molecular weight is 258 g/mol. The van der Waals surface area contributed by atoms with Crippen molar-refractivity contribution < 1.29 is 10.2 Å².